The Balaban J connectivity index is 1.30. The highest BCUT2D eigenvalue weighted by Crippen LogP contribution is 2.47. The second kappa shape index (κ2) is 10.1. The van der Waals surface area contributed by atoms with Gasteiger partial charge >= 0.3 is 0 Å². The molecule has 0 bridgehead atoms. The fourth-order valence-electron chi connectivity index (χ4n) is 7.26. The van der Waals surface area contributed by atoms with Gasteiger partial charge < -0.3 is 13.7 Å². The summed E-state index contributed by atoms with van der Waals surface area (Å²) in [5, 5.41) is 9.16. The summed E-state index contributed by atoms with van der Waals surface area (Å²) in [5.74, 6) is 0. The number of para-hydroxylation sites is 3. The Bertz CT molecular complexity index is 2810. The molecule has 0 N–H and O–H groups in total. The lowest BCUT2D eigenvalue weighted by Gasteiger charge is -2.27. The van der Waals surface area contributed by atoms with Crippen LogP contribution in [0.3, 0.4) is 0 Å². The Morgan fingerprint density at radius 1 is 0.340 bits per heavy atom. The van der Waals surface area contributed by atoms with Crippen LogP contribution in [0.4, 0.5) is 17.1 Å². The predicted octanol–water partition coefficient (Wildman–Crippen LogP) is 12.9. The van der Waals surface area contributed by atoms with Crippen LogP contribution in [-0.2, 0) is 0 Å². The van der Waals surface area contributed by atoms with E-state index in [0.29, 0.717) is 0 Å². The maximum absolute atomic E-state index is 6.65. The lowest BCUT2D eigenvalue weighted by atomic mass is 9.95. The first-order valence-electron chi connectivity index (χ1n) is 15.9. The molecule has 2 aromatic heterocycles. The highest BCUT2D eigenvalue weighted by Gasteiger charge is 2.23. The second-order valence-electron chi connectivity index (χ2n) is 12.1. The molecule has 0 unspecified atom stereocenters. The lowest BCUT2D eigenvalue weighted by molar-refractivity contribution is 0.667. The van der Waals surface area contributed by atoms with E-state index in [1.54, 1.807) is 0 Å². The van der Waals surface area contributed by atoms with Gasteiger partial charge in [0, 0.05) is 33.0 Å². The van der Waals surface area contributed by atoms with Crippen LogP contribution in [0.15, 0.2) is 173 Å². The Labute approximate surface area is 270 Å². The summed E-state index contributed by atoms with van der Waals surface area (Å²) < 4.78 is 13.1. The van der Waals surface area contributed by atoms with Crippen LogP contribution in [0.5, 0.6) is 0 Å². The minimum absolute atomic E-state index is 0.848. The quantitative estimate of drug-likeness (QED) is 0.188. The fraction of sp³-hybridized carbons (Fsp3) is 0. The van der Waals surface area contributed by atoms with E-state index in [0.717, 1.165) is 66.3 Å². The van der Waals surface area contributed by atoms with E-state index in [1.165, 1.54) is 27.3 Å². The van der Waals surface area contributed by atoms with Crippen molar-refractivity contribution in [1.82, 2.24) is 0 Å². The van der Waals surface area contributed by atoms with Crippen molar-refractivity contribution in [2.75, 3.05) is 4.90 Å². The number of fused-ring (bicyclic) bond motifs is 9. The molecule has 0 saturated heterocycles. The number of hydrogen-bond donors (Lipinski definition) is 0. The summed E-state index contributed by atoms with van der Waals surface area (Å²) in [4.78, 5) is 2.34. The molecule has 0 aliphatic heterocycles. The molecule has 47 heavy (non-hydrogen) atoms. The average molecular weight is 602 g/mol. The molecule has 0 aliphatic rings. The van der Waals surface area contributed by atoms with E-state index < -0.39 is 0 Å². The van der Waals surface area contributed by atoms with Crippen molar-refractivity contribution >= 4 is 82.5 Å². The molecule has 10 aromatic rings. The maximum Gasteiger partial charge on any atom is 0.159 e. The average Bonchev–Trinajstić information content (AvgIpc) is 3.70. The number of hydrogen-bond acceptors (Lipinski definition) is 3. The molecule has 0 radical (unpaired) electrons. The zero-order chi connectivity index (χ0) is 30.9. The third-order valence-corrected chi connectivity index (χ3v) is 9.43. The summed E-state index contributed by atoms with van der Waals surface area (Å²) in [6.07, 6.45) is 0. The summed E-state index contributed by atoms with van der Waals surface area (Å²) >= 11 is 0. The molecule has 0 aliphatic carbocycles. The largest absolute Gasteiger partial charge is 0.456 e. The zero-order valence-corrected chi connectivity index (χ0v) is 25.4. The van der Waals surface area contributed by atoms with Gasteiger partial charge in [0.15, 0.2) is 5.58 Å². The van der Waals surface area contributed by atoms with Crippen LogP contribution < -0.4 is 4.90 Å². The third kappa shape index (κ3) is 4.00. The minimum atomic E-state index is 0.848. The number of rotatable bonds is 4. The molecule has 0 spiro atoms. The standard InChI is InChI=1S/C44H27NO2/c1-2-11-28(12-3-1)29-21-23-32-30(25-29)26-40(34-14-5-4-13-33(32)34)45(31-22-24-37-35-15-6-8-19-41(35)46-43(37)27-31)39-18-10-17-38-36-16-7-9-20-42(36)47-44(38)39/h1-27H. The van der Waals surface area contributed by atoms with Crippen LogP contribution in [0.2, 0.25) is 0 Å². The Kier molecular flexibility index (Phi) is 5.57. The normalized spacial score (nSPS) is 11.8. The molecule has 0 atom stereocenters. The Morgan fingerprint density at radius 3 is 1.81 bits per heavy atom. The molecule has 3 nitrogen and oxygen atoms in total. The number of benzene rings is 8. The van der Waals surface area contributed by atoms with Crippen molar-refractivity contribution in [3.05, 3.63) is 164 Å². The lowest BCUT2D eigenvalue weighted by Crippen LogP contribution is -2.11. The summed E-state index contributed by atoms with van der Waals surface area (Å²) in [5.41, 5.74) is 8.88. The zero-order valence-electron chi connectivity index (χ0n) is 25.4. The molecule has 2 heterocycles. The Morgan fingerprint density at radius 2 is 0.979 bits per heavy atom. The van der Waals surface area contributed by atoms with Crippen molar-refractivity contribution in [3.8, 4) is 11.1 Å². The molecule has 220 valence electrons. The molecule has 3 heteroatoms. The SMILES string of the molecule is c1ccc(-c2ccc3c(c2)cc(N(c2ccc4c(c2)oc2ccccc24)c2cccc4c2oc2ccccc24)c2ccccc23)cc1. The smallest absolute Gasteiger partial charge is 0.159 e. The van der Waals surface area contributed by atoms with Crippen molar-refractivity contribution in [3.63, 3.8) is 0 Å². The minimum Gasteiger partial charge on any atom is -0.456 e. The first kappa shape index (κ1) is 26.0. The molecule has 8 aromatic carbocycles. The van der Waals surface area contributed by atoms with Gasteiger partial charge in [0.25, 0.3) is 0 Å². The van der Waals surface area contributed by atoms with Crippen molar-refractivity contribution in [2.24, 2.45) is 0 Å². The van der Waals surface area contributed by atoms with Gasteiger partial charge in [-0.3, -0.25) is 0 Å². The van der Waals surface area contributed by atoms with Crippen molar-refractivity contribution in [2.45, 2.75) is 0 Å². The van der Waals surface area contributed by atoms with Gasteiger partial charge in [0.1, 0.15) is 16.7 Å². The fourth-order valence-corrected chi connectivity index (χ4v) is 7.26. The van der Waals surface area contributed by atoms with Gasteiger partial charge in [-0.15, -0.1) is 0 Å². The summed E-state index contributed by atoms with van der Waals surface area (Å²) in [7, 11) is 0. The number of anilines is 3. The van der Waals surface area contributed by atoms with Gasteiger partial charge in [-0.1, -0.05) is 115 Å². The van der Waals surface area contributed by atoms with Gasteiger partial charge in [-0.05, 0) is 69.8 Å². The first-order valence-corrected chi connectivity index (χ1v) is 15.9. The van der Waals surface area contributed by atoms with E-state index in [9.17, 15) is 0 Å². The van der Waals surface area contributed by atoms with Crippen molar-refractivity contribution in [1.29, 1.82) is 0 Å². The van der Waals surface area contributed by atoms with Crippen LogP contribution in [0, 0.1) is 0 Å². The highest BCUT2D eigenvalue weighted by molar-refractivity contribution is 6.17. The van der Waals surface area contributed by atoms with E-state index in [1.807, 2.05) is 24.3 Å². The van der Waals surface area contributed by atoms with E-state index in [-0.39, 0.29) is 0 Å². The molecule has 0 saturated carbocycles. The Hall–Kier alpha value is -6.32. The van der Waals surface area contributed by atoms with Crippen LogP contribution >= 0.6 is 0 Å². The van der Waals surface area contributed by atoms with E-state index in [4.69, 9.17) is 8.83 Å². The first-order chi connectivity index (χ1) is 23.3. The topological polar surface area (TPSA) is 29.5 Å². The van der Waals surface area contributed by atoms with Gasteiger partial charge in [0.05, 0.1) is 17.1 Å². The highest BCUT2D eigenvalue weighted by atomic mass is 16.3. The predicted molar refractivity (Wildman–Crippen MR) is 196 cm³/mol. The van der Waals surface area contributed by atoms with Gasteiger partial charge in [0.2, 0.25) is 0 Å². The molecule has 10 rings (SSSR count). The number of nitrogens with zero attached hydrogens (tertiary/aromatic N) is 1. The molecule has 0 fully saturated rings. The van der Waals surface area contributed by atoms with E-state index in [2.05, 4.69) is 144 Å². The van der Waals surface area contributed by atoms with Crippen LogP contribution in [0.25, 0.3) is 76.5 Å². The van der Waals surface area contributed by atoms with Crippen molar-refractivity contribution < 1.29 is 8.83 Å². The maximum atomic E-state index is 6.65. The van der Waals surface area contributed by atoms with Crippen LogP contribution in [0.1, 0.15) is 0 Å². The van der Waals surface area contributed by atoms with E-state index >= 15 is 0 Å². The van der Waals surface area contributed by atoms with Gasteiger partial charge in [-0.25, -0.2) is 0 Å². The third-order valence-electron chi connectivity index (χ3n) is 9.43. The number of furan rings is 2. The monoisotopic (exact) mass is 601 g/mol. The molecule has 0 amide bonds. The summed E-state index contributed by atoms with van der Waals surface area (Å²) in [6.45, 7) is 0. The molecular formula is C44H27NO2. The van der Waals surface area contributed by atoms with Crippen LogP contribution in [-0.4, -0.2) is 0 Å². The molecular weight excluding hydrogens is 574 g/mol. The van der Waals surface area contributed by atoms with Gasteiger partial charge in [-0.2, -0.15) is 0 Å². The second-order valence-corrected chi connectivity index (χ2v) is 12.1. The summed E-state index contributed by atoms with van der Waals surface area (Å²) in [6, 6.07) is 57.9.